The third-order valence-corrected chi connectivity index (χ3v) is 3.88. The highest BCUT2D eigenvalue weighted by Crippen LogP contribution is 2.45. The SMILES string of the molecule is C=C[C@]1(CC)O[C@@H](n2ccc(N)nc2=O)[C@H](F)[C@@H]1C. The standard InChI is InChI=1S/C13H18FN3O2/c1-4-13(5-2)8(3)10(14)11(19-13)17-7-6-9(15)16-12(17)18/h4,6-8,10-11H,1,5H2,2-3H3,(H2,15,16,18)/t8-,10+,11+,13+/m0/s1. The number of ether oxygens (including phenoxy) is 1. The number of anilines is 1. The predicted octanol–water partition coefficient (Wildman–Crippen LogP) is 1.66. The van der Waals surface area contributed by atoms with Crippen LogP contribution >= 0.6 is 0 Å². The maximum Gasteiger partial charge on any atom is 0.351 e. The van der Waals surface area contributed by atoms with Gasteiger partial charge in [-0.3, -0.25) is 4.57 Å². The number of hydrogen-bond acceptors (Lipinski definition) is 4. The Balaban J connectivity index is 2.42. The Hall–Kier alpha value is -1.69. The van der Waals surface area contributed by atoms with E-state index in [0.29, 0.717) is 6.42 Å². The topological polar surface area (TPSA) is 70.1 Å². The molecule has 0 aliphatic carbocycles. The molecule has 1 aliphatic heterocycles. The third kappa shape index (κ3) is 2.06. The molecule has 1 saturated heterocycles. The van der Waals surface area contributed by atoms with Gasteiger partial charge in [0.15, 0.2) is 12.4 Å². The van der Waals surface area contributed by atoms with Crippen LogP contribution in [-0.4, -0.2) is 21.3 Å². The molecule has 0 spiro atoms. The molecule has 6 heteroatoms. The normalized spacial score (nSPS) is 34.4. The molecule has 2 rings (SSSR count). The van der Waals surface area contributed by atoms with E-state index in [0.717, 1.165) is 4.57 Å². The molecule has 1 aliphatic rings. The summed E-state index contributed by atoms with van der Waals surface area (Å²) in [5.41, 5.74) is 4.04. The first-order chi connectivity index (χ1) is 8.95. The summed E-state index contributed by atoms with van der Waals surface area (Å²) >= 11 is 0. The molecule has 0 radical (unpaired) electrons. The van der Waals surface area contributed by atoms with Gasteiger partial charge in [0.25, 0.3) is 0 Å². The summed E-state index contributed by atoms with van der Waals surface area (Å²) in [6, 6.07) is 1.45. The fraction of sp³-hybridized carbons (Fsp3) is 0.538. The first-order valence-electron chi connectivity index (χ1n) is 6.25. The van der Waals surface area contributed by atoms with E-state index in [-0.39, 0.29) is 11.7 Å². The summed E-state index contributed by atoms with van der Waals surface area (Å²) in [6.07, 6.45) is 1.31. The Labute approximate surface area is 110 Å². The highest BCUT2D eigenvalue weighted by Gasteiger charge is 2.51. The Morgan fingerprint density at radius 1 is 1.74 bits per heavy atom. The molecule has 0 unspecified atom stereocenters. The molecular formula is C13H18FN3O2. The molecule has 1 fully saturated rings. The van der Waals surface area contributed by atoms with Crippen molar-refractivity contribution < 1.29 is 9.13 Å². The zero-order chi connectivity index (χ0) is 14.2. The summed E-state index contributed by atoms with van der Waals surface area (Å²) in [7, 11) is 0. The van der Waals surface area contributed by atoms with Gasteiger partial charge >= 0.3 is 5.69 Å². The van der Waals surface area contributed by atoms with E-state index in [4.69, 9.17) is 10.5 Å². The van der Waals surface area contributed by atoms with E-state index in [1.807, 2.05) is 6.92 Å². The van der Waals surface area contributed by atoms with E-state index in [1.165, 1.54) is 12.3 Å². The van der Waals surface area contributed by atoms with Gasteiger partial charge in [0, 0.05) is 12.1 Å². The number of rotatable bonds is 3. The first-order valence-corrected chi connectivity index (χ1v) is 6.25. The minimum atomic E-state index is -1.30. The van der Waals surface area contributed by atoms with Crippen molar-refractivity contribution >= 4 is 5.82 Å². The van der Waals surface area contributed by atoms with Gasteiger partial charge in [0.05, 0.1) is 5.60 Å². The second kappa shape index (κ2) is 4.77. The monoisotopic (exact) mass is 267 g/mol. The van der Waals surface area contributed by atoms with Gasteiger partial charge in [-0.1, -0.05) is 19.9 Å². The summed E-state index contributed by atoms with van der Waals surface area (Å²) in [5.74, 6) is -0.280. The average Bonchev–Trinajstić information content (AvgIpc) is 2.64. The van der Waals surface area contributed by atoms with Gasteiger partial charge < -0.3 is 10.5 Å². The van der Waals surface area contributed by atoms with E-state index in [9.17, 15) is 9.18 Å². The molecule has 4 atom stereocenters. The molecule has 0 saturated carbocycles. The summed E-state index contributed by atoms with van der Waals surface area (Å²) in [5, 5.41) is 0. The van der Waals surface area contributed by atoms with Crippen molar-refractivity contribution in [3.05, 3.63) is 35.4 Å². The highest BCUT2D eigenvalue weighted by atomic mass is 19.1. The Morgan fingerprint density at radius 3 is 2.89 bits per heavy atom. The number of nitrogen functional groups attached to an aromatic ring is 1. The maximum absolute atomic E-state index is 14.4. The fourth-order valence-corrected chi connectivity index (χ4v) is 2.53. The van der Waals surface area contributed by atoms with Crippen molar-refractivity contribution in [1.82, 2.24) is 9.55 Å². The van der Waals surface area contributed by atoms with E-state index < -0.39 is 23.7 Å². The summed E-state index contributed by atoms with van der Waals surface area (Å²) in [6.45, 7) is 7.38. The van der Waals surface area contributed by atoms with Crippen LogP contribution in [0.1, 0.15) is 26.5 Å². The zero-order valence-electron chi connectivity index (χ0n) is 11.0. The van der Waals surface area contributed by atoms with Crippen LogP contribution in [0.5, 0.6) is 0 Å². The van der Waals surface area contributed by atoms with Gasteiger partial charge in [-0.2, -0.15) is 4.98 Å². The van der Waals surface area contributed by atoms with Crippen molar-refractivity contribution in [3.8, 4) is 0 Å². The van der Waals surface area contributed by atoms with Crippen molar-refractivity contribution in [1.29, 1.82) is 0 Å². The number of alkyl halides is 1. The molecule has 2 N–H and O–H groups in total. The fourth-order valence-electron chi connectivity index (χ4n) is 2.53. The van der Waals surface area contributed by atoms with Crippen molar-refractivity contribution in [3.63, 3.8) is 0 Å². The lowest BCUT2D eigenvalue weighted by Gasteiger charge is -2.27. The van der Waals surface area contributed by atoms with Crippen molar-refractivity contribution in [2.45, 2.75) is 38.3 Å². The Kier molecular flexibility index (Phi) is 3.45. The van der Waals surface area contributed by atoms with Crippen molar-refractivity contribution in [2.75, 3.05) is 5.73 Å². The number of nitrogens with zero attached hydrogens (tertiary/aromatic N) is 2. The van der Waals surface area contributed by atoms with E-state index in [2.05, 4.69) is 11.6 Å². The Bertz CT molecular complexity index is 545. The second-order valence-electron chi connectivity index (χ2n) is 4.80. The zero-order valence-corrected chi connectivity index (χ0v) is 11.0. The first kappa shape index (κ1) is 13.7. The lowest BCUT2D eigenvalue weighted by atomic mass is 9.85. The lowest BCUT2D eigenvalue weighted by molar-refractivity contribution is -0.0639. The minimum Gasteiger partial charge on any atom is -0.383 e. The quantitative estimate of drug-likeness (QED) is 0.846. The molecule has 0 amide bonds. The number of hydrogen-bond donors (Lipinski definition) is 1. The van der Waals surface area contributed by atoms with Gasteiger partial charge in [-0.05, 0) is 12.5 Å². The number of halogens is 1. The lowest BCUT2D eigenvalue weighted by Crippen LogP contribution is -2.32. The molecule has 0 bridgehead atoms. The molecule has 1 aromatic rings. The molecule has 104 valence electrons. The van der Waals surface area contributed by atoms with Gasteiger partial charge in [0.1, 0.15) is 5.82 Å². The average molecular weight is 267 g/mol. The number of aromatic nitrogens is 2. The molecule has 1 aromatic heterocycles. The van der Waals surface area contributed by atoms with Crippen LogP contribution < -0.4 is 11.4 Å². The summed E-state index contributed by atoms with van der Waals surface area (Å²) in [4.78, 5) is 15.4. The van der Waals surface area contributed by atoms with Crippen LogP contribution in [-0.2, 0) is 4.74 Å². The van der Waals surface area contributed by atoms with Gasteiger partial charge in [-0.15, -0.1) is 6.58 Å². The minimum absolute atomic E-state index is 0.105. The largest absolute Gasteiger partial charge is 0.383 e. The summed E-state index contributed by atoms with van der Waals surface area (Å²) < 4.78 is 21.3. The predicted molar refractivity (Wildman–Crippen MR) is 70.3 cm³/mol. The van der Waals surface area contributed by atoms with Gasteiger partial charge in [-0.25, -0.2) is 9.18 Å². The Morgan fingerprint density at radius 2 is 2.42 bits per heavy atom. The van der Waals surface area contributed by atoms with E-state index in [1.54, 1.807) is 13.0 Å². The van der Waals surface area contributed by atoms with Crippen LogP contribution in [0.15, 0.2) is 29.7 Å². The van der Waals surface area contributed by atoms with Crippen LogP contribution in [0.4, 0.5) is 10.2 Å². The molecule has 19 heavy (non-hydrogen) atoms. The highest BCUT2D eigenvalue weighted by molar-refractivity contribution is 5.23. The van der Waals surface area contributed by atoms with Gasteiger partial charge in [0.2, 0.25) is 0 Å². The number of nitrogens with two attached hydrogens (primary N) is 1. The maximum atomic E-state index is 14.4. The smallest absolute Gasteiger partial charge is 0.351 e. The van der Waals surface area contributed by atoms with Crippen LogP contribution in [0, 0.1) is 5.92 Å². The third-order valence-electron chi connectivity index (χ3n) is 3.88. The molecular weight excluding hydrogens is 249 g/mol. The van der Waals surface area contributed by atoms with Crippen LogP contribution in [0.3, 0.4) is 0 Å². The van der Waals surface area contributed by atoms with Crippen molar-refractivity contribution in [2.24, 2.45) is 5.92 Å². The van der Waals surface area contributed by atoms with E-state index >= 15 is 0 Å². The van der Waals surface area contributed by atoms with Crippen LogP contribution in [0.2, 0.25) is 0 Å². The molecule has 5 nitrogen and oxygen atoms in total. The molecule has 0 aromatic carbocycles. The molecule has 2 heterocycles. The second-order valence-corrected chi connectivity index (χ2v) is 4.80. The van der Waals surface area contributed by atoms with Crippen LogP contribution in [0.25, 0.3) is 0 Å².